The first-order chi connectivity index (χ1) is 9.88. The lowest BCUT2D eigenvalue weighted by Crippen LogP contribution is -2.27. The Hall–Kier alpha value is -1.71. The van der Waals surface area contributed by atoms with E-state index in [0.717, 1.165) is 11.1 Å². The molecule has 0 saturated carbocycles. The number of phenolic OH excluding ortho intramolecular Hbond substituents is 1. The molecule has 0 aromatic heterocycles. The highest BCUT2D eigenvalue weighted by Gasteiger charge is 2.16. The molecule has 0 spiro atoms. The van der Waals surface area contributed by atoms with Gasteiger partial charge in [-0.3, -0.25) is 4.79 Å². The number of nitrogens with one attached hydrogen (secondary N) is 1. The highest BCUT2D eigenvalue weighted by Crippen LogP contribution is 2.27. The van der Waals surface area contributed by atoms with Crippen molar-refractivity contribution in [2.75, 3.05) is 0 Å². The number of carbonyl (C=O) groups excluding carboxylic acids is 1. The summed E-state index contributed by atoms with van der Waals surface area (Å²) in [7, 11) is 0. The minimum Gasteiger partial charge on any atom is -0.507 e. The third-order valence-electron chi connectivity index (χ3n) is 3.17. The molecule has 2 rings (SSSR count). The Kier molecular flexibility index (Phi) is 4.76. The highest BCUT2D eigenvalue weighted by atomic mass is 35.5. The van der Waals surface area contributed by atoms with Crippen LogP contribution in [0.5, 0.6) is 5.75 Å². The van der Waals surface area contributed by atoms with Crippen LogP contribution in [0.25, 0.3) is 0 Å². The summed E-state index contributed by atoms with van der Waals surface area (Å²) in [6, 6.07) is 9.70. The van der Waals surface area contributed by atoms with E-state index in [1.54, 1.807) is 30.3 Å². The maximum absolute atomic E-state index is 12.2. The van der Waals surface area contributed by atoms with Crippen molar-refractivity contribution in [1.29, 1.82) is 0 Å². The van der Waals surface area contributed by atoms with Gasteiger partial charge in [0.25, 0.3) is 5.91 Å². The Labute approximate surface area is 133 Å². The first-order valence-electron chi connectivity index (χ1n) is 6.44. The fraction of sp³-hybridized carbons (Fsp3) is 0.188. The summed E-state index contributed by atoms with van der Waals surface area (Å²) in [6.07, 6.45) is 0. The van der Waals surface area contributed by atoms with Crippen molar-refractivity contribution in [2.45, 2.75) is 19.9 Å². The second kappa shape index (κ2) is 6.37. The van der Waals surface area contributed by atoms with Gasteiger partial charge in [0.1, 0.15) is 5.75 Å². The highest BCUT2D eigenvalue weighted by molar-refractivity contribution is 6.35. The number of aromatic hydroxyl groups is 1. The summed E-state index contributed by atoms with van der Waals surface area (Å²) in [5, 5.41) is 13.6. The lowest BCUT2D eigenvalue weighted by Gasteiger charge is -2.16. The van der Waals surface area contributed by atoms with Gasteiger partial charge in [-0.05, 0) is 43.7 Å². The van der Waals surface area contributed by atoms with Crippen molar-refractivity contribution < 1.29 is 9.90 Å². The van der Waals surface area contributed by atoms with Gasteiger partial charge in [0.05, 0.1) is 11.6 Å². The molecule has 0 fully saturated rings. The van der Waals surface area contributed by atoms with E-state index in [1.807, 2.05) is 13.8 Å². The fourth-order valence-electron chi connectivity index (χ4n) is 2.04. The van der Waals surface area contributed by atoms with Crippen molar-refractivity contribution in [3.05, 3.63) is 63.1 Å². The molecule has 0 aliphatic heterocycles. The number of hydrogen-bond donors (Lipinski definition) is 2. The van der Waals surface area contributed by atoms with Crippen molar-refractivity contribution in [2.24, 2.45) is 0 Å². The molecule has 0 heterocycles. The van der Waals surface area contributed by atoms with Crippen LogP contribution in [0.4, 0.5) is 0 Å². The maximum Gasteiger partial charge on any atom is 0.255 e. The molecule has 2 aromatic carbocycles. The number of hydrogen-bond acceptors (Lipinski definition) is 2. The summed E-state index contributed by atoms with van der Waals surface area (Å²) in [6.45, 7) is 3.68. The van der Waals surface area contributed by atoms with Crippen molar-refractivity contribution in [1.82, 2.24) is 5.32 Å². The number of halogens is 2. The third-order valence-corrected chi connectivity index (χ3v) is 3.74. The zero-order chi connectivity index (χ0) is 15.6. The Morgan fingerprint density at radius 2 is 1.90 bits per heavy atom. The number of carbonyl (C=O) groups is 1. The minimum absolute atomic E-state index is 0.0486. The first-order valence-corrected chi connectivity index (χ1v) is 7.19. The molecule has 3 nitrogen and oxygen atoms in total. The molecule has 21 heavy (non-hydrogen) atoms. The lowest BCUT2D eigenvalue weighted by atomic mass is 10.1. The first kappa shape index (κ1) is 15.7. The van der Waals surface area contributed by atoms with E-state index < -0.39 is 0 Å². The Balaban J connectivity index is 2.20. The smallest absolute Gasteiger partial charge is 0.255 e. The van der Waals surface area contributed by atoms with Gasteiger partial charge in [-0.1, -0.05) is 40.9 Å². The van der Waals surface area contributed by atoms with Crippen LogP contribution in [-0.2, 0) is 0 Å². The fourth-order valence-corrected chi connectivity index (χ4v) is 2.61. The van der Waals surface area contributed by atoms with Crippen LogP contribution in [0.15, 0.2) is 36.4 Å². The second-order valence-electron chi connectivity index (χ2n) is 4.88. The molecule has 1 atom stereocenters. The topological polar surface area (TPSA) is 49.3 Å². The van der Waals surface area contributed by atoms with Crippen LogP contribution >= 0.6 is 23.2 Å². The van der Waals surface area contributed by atoms with E-state index >= 15 is 0 Å². The largest absolute Gasteiger partial charge is 0.507 e. The summed E-state index contributed by atoms with van der Waals surface area (Å²) in [4.78, 5) is 12.2. The molecule has 0 aliphatic carbocycles. The van der Waals surface area contributed by atoms with E-state index in [-0.39, 0.29) is 23.3 Å². The van der Waals surface area contributed by atoms with Gasteiger partial charge < -0.3 is 10.4 Å². The molecular formula is C16H15Cl2NO2. The van der Waals surface area contributed by atoms with E-state index in [1.165, 1.54) is 6.07 Å². The monoisotopic (exact) mass is 323 g/mol. The molecule has 5 heteroatoms. The average molecular weight is 324 g/mol. The van der Waals surface area contributed by atoms with Crippen molar-refractivity contribution in [3.63, 3.8) is 0 Å². The summed E-state index contributed by atoms with van der Waals surface area (Å²) < 4.78 is 0. The van der Waals surface area contributed by atoms with Gasteiger partial charge in [0.15, 0.2) is 0 Å². The van der Waals surface area contributed by atoms with Gasteiger partial charge in [0.2, 0.25) is 0 Å². The number of aryl methyl sites for hydroxylation is 1. The van der Waals surface area contributed by atoms with Crippen LogP contribution in [-0.4, -0.2) is 11.0 Å². The number of rotatable bonds is 3. The van der Waals surface area contributed by atoms with Crippen LogP contribution < -0.4 is 5.32 Å². The standard InChI is InChI=1S/C16H15Cl2NO2/c1-9-3-6-15(20)13(7-9)16(21)19-10(2)12-5-4-11(17)8-14(12)18/h3-8,10,20H,1-2H3,(H,19,21). The van der Waals surface area contributed by atoms with E-state index in [0.29, 0.717) is 10.0 Å². The van der Waals surface area contributed by atoms with Gasteiger partial charge >= 0.3 is 0 Å². The normalized spacial score (nSPS) is 12.0. The molecular weight excluding hydrogens is 309 g/mol. The predicted octanol–water partition coefficient (Wildman–Crippen LogP) is 4.50. The zero-order valence-corrected chi connectivity index (χ0v) is 13.2. The SMILES string of the molecule is Cc1ccc(O)c(C(=O)NC(C)c2ccc(Cl)cc2Cl)c1. The molecule has 0 aliphatic rings. The lowest BCUT2D eigenvalue weighted by molar-refractivity contribution is 0.0937. The minimum atomic E-state index is -0.352. The van der Waals surface area contributed by atoms with E-state index in [2.05, 4.69) is 5.32 Å². The zero-order valence-electron chi connectivity index (χ0n) is 11.7. The summed E-state index contributed by atoms with van der Waals surface area (Å²) >= 11 is 12.0. The number of amides is 1. The van der Waals surface area contributed by atoms with Gasteiger partial charge in [-0.25, -0.2) is 0 Å². The van der Waals surface area contributed by atoms with Gasteiger partial charge in [-0.2, -0.15) is 0 Å². The molecule has 2 N–H and O–H groups in total. The molecule has 2 aromatic rings. The molecule has 110 valence electrons. The van der Waals surface area contributed by atoms with Crippen LogP contribution in [0.1, 0.15) is 34.5 Å². The number of benzene rings is 2. The van der Waals surface area contributed by atoms with Crippen LogP contribution in [0.3, 0.4) is 0 Å². The molecule has 0 bridgehead atoms. The van der Waals surface area contributed by atoms with E-state index in [4.69, 9.17) is 23.2 Å². The van der Waals surface area contributed by atoms with Crippen molar-refractivity contribution >= 4 is 29.1 Å². The maximum atomic E-state index is 12.2. The molecule has 1 amide bonds. The quantitative estimate of drug-likeness (QED) is 0.873. The molecule has 0 radical (unpaired) electrons. The van der Waals surface area contributed by atoms with Gasteiger partial charge in [0, 0.05) is 10.0 Å². The second-order valence-corrected chi connectivity index (χ2v) is 5.73. The van der Waals surface area contributed by atoms with Crippen LogP contribution in [0.2, 0.25) is 10.0 Å². The summed E-state index contributed by atoms with van der Waals surface area (Å²) in [5.41, 5.74) is 1.91. The summed E-state index contributed by atoms with van der Waals surface area (Å²) in [5.74, 6) is -0.401. The van der Waals surface area contributed by atoms with E-state index in [9.17, 15) is 9.90 Å². The van der Waals surface area contributed by atoms with Gasteiger partial charge in [-0.15, -0.1) is 0 Å². The predicted molar refractivity (Wildman–Crippen MR) is 85.2 cm³/mol. The molecule has 1 unspecified atom stereocenters. The molecule has 0 saturated heterocycles. The number of phenols is 1. The van der Waals surface area contributed by atoms with Crippen molar-refractivity contribution in [3.8, 4) is 5.75 Å². The Morgan fingerprint density at radius 3 is 2.57 bits per heavy atom. The average Bonchev–Trinajstić information content (AvgIpc) is 2.41. The van der Waals surface area contributed by atoms with Crippen LogP contribution in [0, 0.1) is 6.92 Å². The third kappa shape index (κ3) is 3.69. The Morgan fingerprint density at radius 1 is 1.19 bits per heavy atom. The Bertz CT molecular complexity index is 686.